The fourth-order valence-corrected chi connectivity index (χ4v) is 5.75. The van der Waals surface area contributed by atoms with Crippen molar-refractivity contribution in [3.63, 3.8) is 0 Å². The molecule has 5 rings (SSSR count). The van der Waals surface area contributed by atoms with Gasteiger partial charge in [0.05, 0.1) is 0 Å². The zero-order chi connectivity index (χ0) is 32.9. The summed E-state index contributed by atoms with van der Waals surface area (Å²) >= 11 is 0. The van der Waals surface area contributed by atoms with Gasteiger partial charge in [-0.25, -0.2) is 0 Å². The van der Waals surface area contributed by atoms with Crippen molar-refractivity contribution >= 4 is 31.8 Å². The van der Waals surface area contributed by atoms with Gasteiger partial charge in [-0.1, -0.05) is 109 Å². The molecule has 0 aliphatic rings. The van der Waals surface area contributed by atoms with Crippen LogP contribution in [-0.4, -0.2) is 37.5 Å². The molecule has 0 saturated heterocycles. The van der Waals surface area contributed by atoms with E-state index in [1.54, 1.807) is 109 Å². The Hall–Kier alpha value is -5.14. The Morgan fingerprint density at radius 2 is 0.783 bits per heavy atom. The molecule has 0 atom stereocenters. The fraction of sp³-hybridized carbons (Fsp3) is 0.0588. The molecule has 5 aromatic carbocycles. The maximum absolute atomic E-state index is 12.7. The number of hydrogen-bond donors (Lipinski definition) is 2. The van der Waals surface area contributed by atoms with E-state index in [0.717, 1.165) is 12.1 Å². The summed E-state index contributed by atoms with van der Waals surface area (Å²) in [7, 11) is -9.92. The van der Waals surface area contributed by atoms with Gasteiger partial charge < -0.3 is 9.47 Å². The first-order valence-electron chi connectivity index (χ1n) is 13.7. The zero-order valence-electron chi connectivity index (χ0n) is 23.9. The van der Waals surface area contributed by atoms with Crippen LogP contribution in [0.25, 0.3) is 0 Å². The van der Waals surface area contributed by atoms with Crippen LogP contribution in [0.1, 0.15) is 43.0 Å². The Kier molecular flexibility index (Phi) is 9.44. The topological polar surface area (TPSA) is 161 Å². The minimum absolute atomic E-state index is 0.202. The van der Waals surface area contributed by atoms with Crippen molar-refractivity contribution in [2.75, 3.05) is 0 Å². The fourth-order valence-electron chi connectivity index (χ4n) is 4.49. The Morgan fingerprint density at radius 1 is 0.478 bits per heavy atom. The van der Waals surface area contributed by atoms with Gasteiger partial charge in [-0.15, -0.1) is 0 Å². The Bertz CT molecular complexity index is 1940. The third-order valence-corrected chi connectivity index (χ3v) is 8.61. The highest BCUT2D eigenvalue weighted by molar-refractivity contribution is 7.86. The standard InChI is InChI=1S/C34H26O10S2/c35-33(25-7-3-1-4-8-25)27-15-11-23(12-16-27)21-43-29-19-32(46(40,41)42)30(20-31(29)45(37,38)39)44-22-24-13-17-28(18-14-24)34(36)26-9-5-2-6-10-26/h1-20H,21-22H2,(H,37,38,39)(H,40,41,42). The van der Waals surface area contributed by atoms with E-state index in [1.165, 1.54) is 0 Å². The molecule has 0 aromatic heterocycles. The first kappa shape index (κ1) is 32.3. The number of ether oxygens (including phenoxy) is 2. The van der Waals surface area contributed by atoms with Gasteiger partial charge in [-0.2, -0.15) is 16.8 Å². The van der Waals surface area contributed by atoms with Gasteiger partial charge in [-0.05, 0) is 11.1 Å². The molecular formula is C34H26O10S2. The molecule has 12 heteroatoms. The number of rotatable bonds is 12. The van der Waals surface area contributed by atoms with Crippen LogP contribution in [0.5, 0.6) is 11.5 Å². The first-order chi connectivity index (χ1) is 21.9. The third-order valence-electron chi connectivity index (χ3n) is 6.86. The minimum atomic E-state index is -4.96. The molecule has 0 bridgehead atoms. The molecule has 5 aromatic rings. The van der Waals surface area contributed by atoms with Crippen LogP contribution in [0.15, 0.2) is 131 Å². The molecular weight excluding hydrogens is 632 g/mol. The number of hydrogen-bond acceptors (Lipinski definition) is 8. The van der Waals surface area contributed by atoms with Crippen LogP contribution in [0.4, 0.5) is 0 Å². The molecule has 0 saturated carbocycles. The summed E-state index contributed by atoms with van der Waals surface area (Å²) in [6.45, 7) is -0.553. The molecule has 10 nitrogen and oxygen atoms in total. The van der Waals surface area contributed by atoms with Crippen LogP contribution in [0, 0.1) is 0 Å². The summed E-state index contributed by atoms with van der Waals surface area (Å²) in [5, 5.41) is 0. The molecule has 2 N–H and O–H groups in total. The highest BCUT2D eigenvalue weighted by Crippen LogP contribution is 2.36. The summed E-state index contributed by atoms with van der Waals surface area (Å²) in [5.41, 5.74) is 2.80. The highest BCUT2D eigenvalue weighted by Gasteiger charge is 2.26. The first-order valence-corrected chi connectivity index (χ1v) is 16.5. The molecule has 0 radical (unpaired) electrons. The lowest BCUT2D eigenvalue weighted by atomic mass is 10.0. The van der Waals surface area contributed by atoms with Crippen LogP contribution in [-0.2, 0) is 33.5 Å². The number of ketones is 2. The quantitative estimate of drug-likeness (QED) is 0.124. The Labute approximate surface area is 265 Å². The van der Waals surface area contributed by atoms with Crippen LogP contribution < -0.4 is 9.47 Å². The van der Waals surface area contributed by atoms with E-state index in [0.29, 0.717) is 33.4 Å². The van der Waals surface area contributed by atoms with Crippen molar-refractivity contribution in [3.8, 4) is 11.5 Å². The monoisotopic (exact) mass is 658 g/mol. The highest BCUT2D eigenvalue weighted by atomic mass is 32.2. The van der Waals surface area contributed by atoms with Gasteiger partial charge in [0.2, 0.25) is 0 Å². The SMILES string of the molecule is O=C(c1ccccc1)c1ccc(COc2cc(S(=O)(=O)O)c(OCc3ccc(C(=O)c4ccccc4)cc3)cc2S(=O)(=O)O)cc1. The minimum Gasteiger partial charge on any atom is -0.487 e. The maximum atomic E-state index is 12.7. The van der Waals surface area contributed by atoms with Gasteiger partial charge in [0.25, 0.3) is 20.2 Å². The van der Waals surface area contributed by atoms with E-state index >= 15 is 0 Å². The van der Waals surface area contributed by atoms with Gasteiger partial charge in [-0.3, -0.25) is 18.7 Å². The van der Waals surface area contributed by atoms with Gasteiger partial charge >= 0.3 is 0 Å². The van der Waals surface area contributed by atoms with E-state index in [9.17, 15) is 35.5 Å². The molecule has 46 heavy (non-hydrogen) atoms. The molecule has 0 aliphatic carbocycles. The molecule has 234 valence electrons. The lowest BCUT2D eigenvalue weighted by Gasteiger charge is -2.16. The Morgan fingerprint density at radius 3 is 1.09 bits per heavy atom. The van der Waals surface area contributed by atoms with Crippen LogP contribution in [0.2, 0.25) is 0 Å². The smallest absolute Gasteiger partial charge is 0.298 e. The van der Waals surface area contributed by atoms with Crippen molar-refractivity contribution in [2.24, 2.45) is 0 Å². The third kappa shape index (κ3) is 7.73. The van der Waals surface area contributed by atoms with E-state index in [-0.39, 0.29) is 24.8 Å². The molecule has 0 heterocycles. The average molecular weight is 659 g/mol. The van der Waals surface area contributed by atoms with Gasteiger partial charge in [0.1, 0.15) is 34.5 Å². The lowest BCUT2D eigenvalue weighted by molar-refractivity contribution is 0.103. The van der Waals surface area contributed by atoms with Crippen LogP contribution in [0.3, 0.4) is 0 Å². The molecule has 0 fully saturated rings. The van der Waals surface area contributed by atoms with Gasteiger partial charge in [0, 0.05) is 34.4 Å². The summed E-state index contributed by atoms with van der Waals surface area (Å²) in [6, 6.07) is 31.3. The van der Waals surface area contributed by atoms with Crippen molar-refractivity contribution in [2.45, 2.75) is 23.0 Å². The normalized spacial score (nSPS) is 11.5. The second kappa shape index (κ2) is 13.5. The summed E-state index contributed by atoms with van der Waals surface area (Å²) in [6.07, 6.45) is 0. The van der Waals surface area contributed by atoms with E-state index in [4.69, 9.17) is 9.47 Å². The summed E-state index contributed by atoms with van der Waals surface area (Å²) < 4.78 is 80.0. The molecule has 0 unspecified atom stereocenters. The predicted molar refractivity (Wildman–Crippen MR) is 167 cm³/mol. The molecule has 0 aliphatic heterocycles. The van der Waals surface area contributed by atoms with Crippen molar-refractivity contribution in [1.29, 1.82) is 0 Å². The van der Waals surface area contributed by atoms with Crippen LogP contribution >= 0.6 is 0 Å². The Balaban J connectivity index is 1.35. The predicted octanol–water partition coefficient (Wildman–Crippen LogP) is 5.80. The summed E-state index contributed by atoms with van der Waals surface area (Å²) in [5.74, 6) is -1.52. The van der Waals surface area contributed by atoms with E-state index in [1.807, 2.05) is 0 Å². The van der Waals surface area contributed by atoms with E-state index < -0.39 is 41.5 Å². The zero-order valence-corrected chi connectivity index (χ0v) is 25.6. The van der Waals surface area contributed by atoms with Crippen molar-refractivity contribution < 1.29 is 45.0 Å². The second-order valence-corrected chi connectivity index (χ2v) is 12.8. The number of carbonyl (C=O) groups is 2. The largest absolute Gasteiger partial charge is 0.487 e. The average Bonchev–Trinajstić information content (AvgIpc) is 3.06. The lowest BCUT2D eigenvalue weighted by Crippen LogP contribution is -2.10. The second-order valence-electron chi connectivity index (χ2n) is 10.1. The summed E-state index contributed by atoms with van der Waals surface area (Å²) in [4.78, 5) is 23.7. The molecule has 0 amide bonds. The van der Waals surface area contributed by atoms with E-state index in [2.05, 4.69) is 0 Å². The van der Waals surface area contributed by atoms with Crippen molar-refractivity contribution in [3.05, 3.63) is 155 Å². The number of benzene rings is 5. The molecule has 0 spiro atoms. The maximum Gasteiger partial charge on any atom is 0.298 e. The van der Waals surface area contributed by atoms with Crippen molar-refractivity contribution in [1.82, 2.24) is 0 Å². The number of carbonyl (C=O) groups excluding carboxylic acids is 2. The van der Waals surface area contributed by atoms with Gasteiger partial charge in [0.15, 0.2) is 11.6 Å².